The summed E-state index contributed by atoms with van der Waals surface area (Å²) in [5.41, 5.74) is 2.84. The van der Waals surface area contributed by atoms with Gasteiger partial charge in [-0.25, -0.2) is 4.39 Å². The van der Waals surface area contributed by atoms with Gasteiger partial charge in [0.2, 0.25) is 5.56 Å². The van der Waals surface area contributed by atoms with Crippen molar-refractivity contribution in [3.63, 3.8) is 0 Å². The molecule has 26 heavy (non-hydrogen) atoms. The molecule has 1 unspecified atom stereocenters. The topological polar surface area (TPSA) is 74.8 Å². The van der Waals surface area contributed by atoms with Gasteiger partial charge < -0.3 is 10.3 Å². The van der Waals surface area contributed by atoms with E-state index in [-0.39, 0.29) is 16.8 Å². The second-order valence-corrected chi connectivity index (χ2v) is 6.14. The van der Waals surface area contributed by atoms with E-state index in [0.29, 0.717) is 0 Å². The molecule has 0 spiro atoms. The highest BCUT2D eigenvalue weighted by Gasteiger charge is 2.22. The van der Waals surface area contributed by atoms with Gasteiger partial charge in [0, 0.05) is 18.5 Å². The maximum Gasteiger partial charge on any atom is 0.253 e. The summed E-state index contributed by atoms with van der Waals surface area (Å²) < 4.78 is 14.4. The quantitative estimate of drug-likeness (QED) is 0.759. The van der Waals surface area contributed by atoms with Gasteiger partial charge in [0.25, 0.3) is 5.91 Å². The maximum absolute atomic E-state index is 14.4. The van der Waals surface area contributed by atoms with Crippen LogP contribution in [0.3, 0.4) is 0 Å². The number of halogens is 1. The van der Waals surface area contributed by atoms with Crippen molar-refractivity contribution in [2.24, 2.45) is 0 Å². The number of pyridine rings is 2. The molecule has 0 saturated heterocycles. The minimum absolute atomic E-state index is 0.135. The molecule has 1 atom stereocenters. The SMILES string of the molecule is Cc1cc(C)cc(C(NC(=O)c2ccc(=O)[nH]c2)c2ncccc2F)c1. The molecule has 6 heteroatoms. The summed E-state index contributed by atoms with van der Waals surface area (Å²) >= 11 is 0. The zero-order chi connectivity index (χ0) is 18.7. The van der Waals surface area contributed by atoms with Crippen LogP contribution in [0, 0.1) is 19.7 Å². The first-order valence-corrected chi connectivity index (χ1v) is 8.12. The Kier molecular flexibility index (Phi) is 4.93. The van der Waals surface area contributed by atoms with E-state index in [9.17, 15) is 14.0 Å². The predicted molar refractivity (Wildman–Crippen MR) is 96.5 cm³/mol. The van der Waals surface area contributed by atoms with E-state index in [2.05, 4.69) is 15.3 Å². The zero-order valence-corrected chi connectivity index (χ0v) is 14.4. The van der Waals surface area contributed by atoms with Crippen LogP contribution >= 0.6 is 0 Å². The van der Waals surface area contributed by atoms with Gasteiger partial charge in [0.15, 0.2) is 0 Å². The highest BCUT2D eigenvalue weighted by atomic mass is 19.1. The summed E-state index contributed by atoms with van der Waals surface area (Å²) in [6.07, 6.45) is 2.81. The molecule has 132 valence electrons. The molecule has 3 rings (SSSR count). The first kappa shape index (κ1) is 17.5. The van der Waals surface area contributed by atoms with E-state index in [1.807, 2.05) is 32.0 Å². The molecule has 2 heterocycles. The number of aromatic amines is 1. The number of H-pyrrole nitrogens is 1. The summed E-state index contributed by atoms with van der Waals surface area (Å²) in [5, 5.41) is 2.82. The highest BCUT2D eigenvalue weighted by molar-refractivity contribution is 5.94. The van der Waals surface area contributed by atoms with E-state index in [1.54, 1.807) is 0 Å². The number of aromatic nitrogens is 2. The van der Waals surface area contributed by atoms with Crippen LogP contribution in [0.25, 0.3) is 0 Å². The molecule has 0 aliphatic rings. The van der Waals surface area contributed by atoms with Crippen molar-refractivity contribution in [2.75, 3.05) is 0 Å². The largest absolute Gasteiger partial charge is 0.339 e. The van der Waals surface area contributed by atoms with Crippen molar-refractivity contribution in [3.8, 4) is 0 Å². The summed E-state index contributed by atoms with van der Waals surface area (Å²) in [6.45, 7) is 3.87. The standard InChI is InChI=1S/C20H18FN3O2/c1-12-8-13(2)10-15(9-12)18(19-16(21)4-3-7-22-19)24-20(26)14-5-6-17(25)23-11-14/h3-11,18H,1-2H3,(H,23,25)(H,24,26). The van der Waals surface area contributed by atoms with Gasteiger partial charge >= 0.3 is 0 Å². The lowest BCUT2D eigenvalue weighted by Gasteiger charge is -2.20. The van der Waals surface area contributed by atoms with E-state index in [0.717, 1.165) is 16.7 Å². The van der Waals surface area contributed by atoms with Crippen LogP contribution in [-0.2, 0) is 0 Å². The van der Waals surface area contributed by atoms with Crippen LogP contribution in [0.15, 0.2) is 59.7 Å². The molecule has 0 fully saturated rings. The van der Waals surface area contributed by atoms with Crippen LogP contribution in [0.4, 0.5) is 4.39 Å². The molecule has 0 aliphatic carbocycles. The van der Waals surface area contributed by atoms with Gasteiger partial charge in [0.05, 0.1) is 11.6 Å². The number of nitrogens with zero attached hydrogens (tertiary/aromatic N) is 1. The predicted octanol–water partition coefficient (Wildman–Crippen LogP) is 3.05. The molecule has 3 aromatic rings. The van der Waals surface area contributed by atoms with E-state index >= 15 is 0 Å². The number of carbonyl (C=O) groups excluding carboxylic acids is 1. The van der Waals surface area contributed by atoms with Crippen LogP contribution in [0.1, 0.15) is 38.8 Å². The Hall–Kier alpha value is -3.28. The van der Waals surface area contributed by atoms with Gasteiger partial charge in [-0.3, -0.25) is 14.6 Å². The summed E-state index contributed by atoms with van der Waals surface area (Å²) in [6, 6.07) is 10.5. The third-order valence-electron chi connectivity index (χ3n) is 3.96. The Labute approximate surface area is 149 Å². The van der Waals surface area contributed by atoms with Crippen molar-refractivity contribution in [1.82, 2.24) is 15.3 Å². The number of nitrogens with one attached hydrogen (secondary N) is 2. The second-order valence-electron chi connectivity index (χ2n) is 6.14. The minimum Gasteiger partial charge on any atom is -0.339 e. The molecule has 0 saturated carbocycles. The van der Waals surface area contributed by atoms with Crippen LogP contribution in [0.5, 0.6) is 0 Å². The number of benzene rings is 1. The van der Waals surface area contributed by atoms with Gasteiger partial charge in [0.1, 0.15) is 11.5 Å². The van der Waals surface area contributed by atoms with Crippen molar-refractivity contribution in [2.45, 2.75) is 19.9 Å². The van der Waals surface area contributed by atoms with E-state index in [1.165, 1.54) is 36.7 Å². The molecule has 0 bridgehead atoms. The van der Waals surface area contributed by atoms with Crippen LogP contribution in [-0.4, -0.2) is 15.9 Å². The maximum atomic E-state index is 14.4. The molecule has 5 nitrogen and oxygen atoms in total. The fraction of sp³-hybridized carbons (Fsp3) is 0.150. The lowest BCUT2D eigenvalue weighted by atomic mass is 9.98. The Morgan fingerprint density at radius 1 is 1.15 bits per heavy atom. The molecule has 2 aromatic heterocycles. The molecule has 0 aliphatic heterocycles. The molecule has 2 N–H and O–H groups in total. The smallest absolute Gasteiger partial charge is 0.253 e. The average molecular weight is 351 g/mol. The molecular formula is C20H18FN3O2. The Bertz CT molecular complexity index is 973. The fourth-order valence-corrected chi connectivity index (χ4v) is 2.86. The third-order valence-corrected chi connectivity index (χ3v) is 3.96. The zero-order valence-electron chi connectivity index (χ0n) is 14.4. The third kappa shape index (κ3) is 3.85. The first-order chi connectivity index (χ1) is 12.4. The number of carbonyl (C=O) groups is 1. The van der Waals surface area contributed by atoms with Gasteiger partial charge in [-0.05, 0) is 37.6 Å². The lowest BCUT2D eigenvalue weighted by molar-refractivity contribution is 0.0941. The van der Waals surface area contributed by atoms with Crippen molar-refractivity contribution < 1.29 is 9.18 Å². The number of rotatable bonds is 4. The number of hydrogen-bond donors (Lipinski definition) is 2. The molecule has 0 radical (unpaired) electrons. The Morgan fingerprint density at radius 3 is 2.50 bits per heavy atom. The average Bonchev–Trinajstić information content (AvgIpc) is 2.60. The van der Waals surface area contributed by atoms with Gasteiger partial charge in [-0.15, -0.1) is 0 Å². The van der Waals surface area contributed by atoms with E-state index in [4.69, 9.17) is 0 Å². The van der Waals surface area contributed by atoms with E-state index < -0.39 is 17.8 Å². The summed E-state index contributed by atoms with van der Waals surface area (Å²) in [4.78, 5) is 30.4. The van der Waals surface area contributed by atoms with Gasteiger partial charge in [-0.2, -0.15) is 0 Å². The van der Waals surface area contributed by atoms with Crippen molar-refractivity contribution in [1.29, 1.82) is 0 Å². The number of hydrogen-bond acceptors (Lipinski definition) is 3. The normalized spacial score (nSPS) is 11.8. The second kappa shape index (κ2) is 7.31. The number of aryl methyl sites for hydroxylation is 2. The molecular weight excluding hydrogens is 333 g/mol. The Balaban J connectivity index is 2.03. The van der Waals surface area contributed by atoms with Crippen LogP contribution < -0.4 is 10.9 Å². The first-order valence-electron chi connectivity index (χ1n) is 8.12. The van der Waals surface area contributed by atoms with Gasteiger partial charge in [-0.1, -0.05) is 29.3 Å². The van der Waals surface area contributed by atoms with Crippen molar-refractivity contribution in [3.05, 3.63) is 99.0 Å². The molecule has 1 amide bonds. The summed E-state index contributed by atoms with van der Waals surface area (Å²) in [5.74, 6) is -0.936. The number of amides is 1. The lowest BCUT2D eigenvalue weighted by Crippen LogP contribution is -2.31. The fourth-order valence-electron chi connectivity index (χ4n) is 2.86. The molecule has 1 aromatic carbocycles. The summed E-state index contributed by atoms with van der Waals surface area (Å²) in [7, 11) is 0. The van der Waals surface area contributed by atoms with Crippen molar-refractivity contribution >= 4 is 5.91 Å². The van der Waals surface area contributed by atoms with Crippen LogP contribution in [0.2, 0.25) is 0 Å². The minimum atomic E-state index is -0.755. The Morgan fingerprint density at radius 2 is 1.88 bits per heavy atom. The highest BCUT2D eigenvalue weighted by Crippen LogP contribution is 2.25. The monoisotopic (exact) mass is 351 g/mol.